The van der Waals surface area contributed by atoms with Crippen molar-refractivity contribution in [1.82, 2.24) is 9.97 Å². The number of fused-ring (bicyclic) bond motifs is 11. The second-order valence-corrected chi connectivity index (χ2v) is 10.2. The zero-order valence-corrected chi connectivity index (χ0v) is 19.2. The van der Waals surface area contributed by atoms with Crippen LogP contribution < -0.4 is 4.90 Å². The molecule has 0 amide bonds. The summed E-state index contributed by atoms with van der Waals surface area (Å²) in [4.78, 5) is 12.0. The Morgan fingerprint density at radius 2 is 1.17 bits per heavy atom. The molecule has 0 saturated heterocycles. The molecule has 35 heavy (non-hydrogen) atoms. The summed E-state index contributed by atoms with van der Waals surface area (Å²) in [5, 5.41) is 0. The lowest BCUT2D eigenvalue weighted by Crippen LogP contribution is -2.27. The van der Waals surface area contributed by atoms with E-state index in [9.17, 15) is 0 Å². The van der Waals surface area contributed by atoms with Crippen LogP contribution in [0.4, 0.5) is 17.3 Å². The van der Waals surface area contributed by atoms with E-state index in [-0.39, 0.29) is 0 Å². The third-order valence-corrected chi connectivity index (χ3v) is 8.36. The first-order valence-electron chi connectivity index (χ1n) is 12.4. The van der Waals surface area contributed by atoms with Gasteiger partial charge in [0.2, 0.25) is 0 Å². The Bertz CT molecular complexity index is 1750. The van der Waals surface area contributed by atoms with E-state index in [1.165, 1.54) is 72.4 Å². The maximum atomic E-state index is 4.84. The predicted molar refractivity (Wildman–Crippen MR) is 139 cm³/mol. The van der Waals surface area contributed by atoms with E-state index in [1.807, 2.05) is 12.4 Å². The SMILES string of the molecule is c1ccc2c(c1)Cc1cc3c(cc1-2)Cc1cc2c4c(c1-3)Cc1cccnc1N4c1ncccc1C2. The molecule has 0 spiro atoms. The minimum Gasteiger partial charge on any atom is -0.278 e. The first kappa shape index (κ1) is 18.1. The van der Waals surface area contributed by atoms with E-state index >= 15 is 0 Å². The Morgan fingerprint density at radius 3 is 2.03 bits per heavy atom. The number of nitrogens with zero attached hydrogens (tertiary/aromatic N) is 3. The molecule has 0 radical (unpaired) electrons. The van der Waals surface area contributed by atoms with Gasteiger partial charge in [-0.3, -0.25) is 4.90 Å². The van der Waals surface area contributed by atoms with Gasteiger partial charge >= 0.3 is 0 Å². The maximum absolute atomic E-state index is 4.84. The molecule has 2 aliphatic carbocycles. The van der Waals surface area contributed by atoms with Crippen LogP contribution in [0, 0.1) is 0 Å². The summed E-state index contributed by atoms with van der Waals surface area (Å²) in [5.74, 6) is 2.06. The van der Waals surface area contributed by atoms with Gasteiger partial charge in [0.15, 0.2) is 0 Å². The van der Waals surface area contributed by atoms with E-state index in [1.54, 1.807) is 0 Å². The Kier molecular flexibility index (Phi) is 3.24. The molecule has 0 atom stereocenters. The minimum atomic E-state index is 0.921. The summed E-state index contributed by atoms with van der Waals surface area (Å²) in [6.07, 6.45) is 7.71. The number of pyridine rings is 2. The van der Waals surface area contributed by atoms with Crippen LogP contribution in [0.3, 0.4) is 0 Å². The summed E-state index contributed by atoms with van der Waals surface area (Å²) >= 11 is 0. The molecule has 3 aromatic carbocycles. The largest absolute Gasteiger partial charge is 0.278 e. The van der Waals surface area contributed by atoms with E-state index < -0.39 is 0 Å². The molecule has 4 heterocycles. The highest BCUT2D eigenvalue weighted by Crippen LogP contribution is 2.55. The molecule has 4 aliphatic rings. The highest BCUT2D eigenvalue weighted by molar-refractivity contribution is 5.95. The molecule has 0 saturated carbocycles. The molecule has 5 aromatic rings. The fraction of sp³-hybridized carbons (Fsp3) is 0.125. The van der Waals surface area contributed by atoms with E-state index in [0.29, 0.717) is 0 Å². The average Bonchev–Trinajstić information content (AvgIpc) is 3.44. The Labute approximate surface area is 203 Å². The zero-order valence-electron chi connectivity index (χ0n) is 19.2. The highest BCUT2D eigenvalue weighted by atomic mass is 15.3. The Morgan fingerprint density at radius 1 is 0.514 bits per heavy atom. The normalized spacial score (nSPS) is 14.9. The van der Waals surface area contributed by atoms with Gasteiger partial charge in [0.25, 0.3) is 0 Å². The average molecular weight is 448 g/mol. The second-order valence-electron chi connectivity index (χ2n) is 10.2. The second kappa shape index (κ2) is 6.25. The lowest BCUT2D eigenvalue weighted by atomic mass is 9.83. The smallest absolute Gasteiger partial charge is 0.142 e. The molecule has 0 bridgehead atoms. The predicted octanol–water partition coefficient (Wildman–Crippen LogP) is 6.90. The molecule has 0 N–H and O–H groups in total. The molecule has 0 fully saturated rings. The first-order chi connectivity index (χ1) is 17.3. The van der Waals surface area contributed by atoms with E-state index in [2.05, 4.69) is 71.6 Å². The zero-order chi connectivity index (χ0) is 22.7. The summed E-state index contributed by atoms with van der Waals surface area (Å²) in [6.45, 7) is 0. The lowest BCUT2D eigenvalue weighted by molar-refractivity contribution is 0.954. The first-order valence-corrected chi connectivity index (χ1v) is 12.4. The number of rotatable bonds is 0. The molecule has 2 aliphatic heterocycles. The molecule has 9 rings (SSSR count). The van der Waals surface area contributed by atoms with Gasteiger partial charge in [-0.15, -0.1) is 0 Å². The quantitative estimate of drug-likeness (QED) is 0.253. The molecule has 164 valence electrons. The monoisotopic (exact) mass is 447 g/mol. The van der Waals surface area contributed by atoms with Crippen molar-refractivity contribution < 1.29 is 0 Å². The van der Waals surface area contributed by atoms with E-state index in [0.717, 1.165) is 37.3 Å². The fourth-order valence-electron chi connectivity index (χ4n) is 6.98. The van der Waals surface area contributed by atoms with Crippen molar-refractivity contribution in [2.24, 2.45) is 0 Å². The molecule has 0 unspecified atom stereocenters. The van der Waals surface area contributed by atoms with Crippen LogP contribution in [0.2, 0.25) is 0 Å². The van der Waals surface area contributed by atoms with Crippen LogP contribution in [0.25, 0.3) is 22.3 Å². The van der Waals surface area contributed by atoms with Crippen molar-refractivity contribution >= 4 is 17.3 Å². The van der Waals surface area contributed by atoms with Crippen LogP contribution in [-0.4, -0.2) is 9.97 Å². The maximum Gasteiger partial charge on any atom is 0.142 e. The Balaban J connectivity index is 1.31. The van der Waals surface area contributed by atoms with Crippen molar-refractivity contribution in [3.8, 4) is 22.3 Å². The van der Waals surface area contributed by atoms with Crippen molar-refractivity contribution in [3.63, 3.8) is 0 Å². The van der Waals surface area contributed by atoms with Gasteiger partial charge in [-0.25, -0.2) is 9.97 Å². The number of hydrogen-bond acceptors (Lipinski definition) is 3. The molecular weight excluding hydrogens is 426 g/mol. The molecule has 3 heteroatoms. The van der Waals surface area contributed by atoms with Crippen molar-refractivity contribution in [1.29, 1.82) is 0 Å². The van der Waals surface area contributed by atoms with E-state index in [4.69, 9.17) is 9.97 Å². The molecule has 2 aromatic heterocycles. The molecular formula is C32H21N3. The third kappa shape index (κ3) is 2.26. The van der Waals surface area contributed by atoms with Crippen LogP contribution in [-0.2, 0) is 25.7 Å². The summed E-state index contributed by atoms with van der Waals surface area (Å²) in [5.41, 5.74) is 18.3. The number of aromatic nitrogens is 2. The Hall–Kier alpha value is -4.24. The fourth-order valence-corrected chi connectivity index (χ4v) is 6.98. The van der Waals surface area contributed by atoms with Gasteiger partial charge in [-0.2, -0.15) is 0 Å². The summed E-state index contributed by atoms with van der Waals surface area (Å²) < 4.78 is 0. The van der Waals surface area contributed by atoms with Gasteiger partial charge in [0.05, 0.1) is 5.69 Å². The highest BCUT2D eigenvalue weighted by Gasteiger charge is 2.37. The summed E-state index contributed by atoms with van der Waals surface area (Å²) in [7, 11) is 0. The van der Waals surface area contributed by atoms with Crippen molar-refractivity contribution in [2.45, 2.75) is 25.7 Å². The lowest BCUT2D eigenvalue weighted by Gasteiger charge is -2.38. The summed E-state index contributed by atoms with van der Waals surface area (Å²) in [6, 6.07) is 24.9. The van der Waals surface area contributed by atoms with Gasteiger partial charge in [-0.05, 0) is 104 Å². The third-order valence-electron chi connectivity index (χ3n) is 8.36. The van der Waals surface area contributed by atoms with Crippen LogP contribution in [0.1, 0.15) is 44.5 Å². The minimum absolute atomic E-state index is 0.921. The number of anilines is 3. The topological polar surface area (TPSA) is 29.0 Å². The van der Waals surface area contributed by atoms with Gasteiger partial charge in [0.1, 0.15) is 11.6 Å². The van der Waals surface area contributed by atoms with Crippen molar-refractivity contribution in [2.75, 3.05) is 4.90 Å². The van der Waals surface area contributed by atoms with Crippen molar-refractivity contribution in [3.05, 3.63) is 124 Å². The van der Waals surface area contributed by atoms with Gasteiger partial charge < -0.3 is 0 Å². The number of benzene rings is 3. The number of hydrogen-bond donors (Lipinski definition) is 0. The van der Waals surface area contributed by atoms with Crippen LogP contribution in [0.5, 0.6) is 0 Å². The van der Waals surface area contributed by atoms with Crippen LogP contribution in [0.15, 0.2) is 79.1 Å². The van der Waals surface area contributed by atoms with Crippen LogP contribution >= 0.6 is 0 Å². The molecule has 3 nitrogen and oxygen atoms in total. The van der Waals surface area contributed by atoms with Gasteiger partial charge in [-0.1, -0.05) is 42.5 Å². The standard InChI is InChI=1S/C32H21N3/c1-2-8-25-18(5-1)11-21-17-27-22(16-26(21)25)13-23-14-24-12-19-6-3-9-33-31(19)35-30(24)28(29(23)27)15-20-7-4-10-34-32(20)35/h1-10,14,16-17H,11-13,15H2. The van der Waals surface area contributed by atoms with Gasteiger partial charge in [0, 0.05) is 25.2 Å².